The third-order valence-electron chi connectivity index (χ3n) is 4.69. The molecule has 1 N–H and O–H groups in total. The number of carbonyl (C=O) groups excluding carboxylic acids is 2. The fourth-order valence-electron chi connectivity index (χ4n) is 3.31. The van der Waals surface area contributed by atoms with Gasteiger partial charge in [0.05, 0.1) is 11.6 Å². The van der Waals surface area contributed by atoms with Crippen LogP contribution in [0.25, 0.3) is 0 Å². The van der Waals surface area contributed by atoms with Crippen molar-refractivity contribution >= 4 is 17.5 Å². The van der Waals surface area contributed by atoms with Gasteiger partial charge < -0.3 is 15.1 Å². The molecular formula is C21H25N3O2. The maximum Gasteiger partial charge on any atom is 0.253 e. The van der Waals surface area contributed by atoms with E-state index in [0.29, 0.717) is 25.1 Å². The van der Waals surface area contributed by atoms with Crippen molar-refractivity contribution in [3.05, 3.63) is 65.7 Å². The third-order valence-corrected chi connectivity index (χ3v) is 4.69. The maximum atomic E-state index is 12.7. The molecule has 0 saturated carbocycles. The lowest BCUT2D eigenvalue weighted by molar-refractivity contribution is -0.127. The van der Waals surface area contributed by atoms with E-state index in [1.165, 1.54) is 5.56 Å². The first kappa shape index (κ1) is 18.0. The molecule has 0 unspecified atom stereocenters. The number of hydrogen-bond donors (Lipinski definition) is 1. The summed E-state index contributed by atoms with van der Waals surface area (Å²) in [7, 11) is 3.83. The van der Waals surface area contributed by atoms with E-state index in [9.17, 15) is 9.59 Å². The second-order valence-electron chi connectivity index (χ2n) is 6.86. The van der Waals surface area contributed by atoms with Crippen molar-refractivity contribution in [3.8, 4) is 0 Å². The summed E-state index contributed by atoms with van der Waals surface area (Å²) in [5.74, 6) is -0.0239. The first-order valence-corrected chi connectivity index (χ1v) is 8.93. The Morgan fingerprint density at radius 2 is 1.81 bits per heavy atom. The van der Waals surface area contributed by atoms with E-state index >= 15 is 0 Å². The first-order valence-electron chi connectivity index (χ1n) is 8.93. The molecule has 5 heteroatoms. The van der Waals surface area contributed by atoms with Crippen molar-refractivity contribution in [2.75, 3.05) is 32.1 Å². The van der Waals surface area contributed by atoms with Gasteiger partial charge in [0.2, 0.25) is 5.91 Å². The summed E-state index contributed by atoms with van der Waals surface area (Å²) in [5, 5.41) is 3.02. The molecule has 26 heavy (non-hydrogen) atoms. The predicted molar refractivity (Wildman–Crippen MR) is 103 cm³/mol. The zero-order chi connectivity index (χ0) is 18.5. The number of nitrogens with zero attached hydrogens (tertiary/aromatic N) is 2. The van der Waals surface area contributed by atoms with Crippen LogP contribution in [-0.2, 0) is 11.2 Å². The molecular weight excluding hydrogens is 326 g/mol. The van der Waals surface area contributed by atoms with Crippen molar-refractivity contribution < 1.29 is 9.59 Å². The Hall–Kier alpha value is -2.82. The summed E-state index contributed by atoms with van der Waals surface area (Å²) >= 11 is 0. The Kier molecular flexibility index (Phi) is 5.56. The highest BCUT2D eigenvalue weighted by Gasteiger charge is 2.30. The van der Waals surface area contributed by atoms with Crippen LogP contribution in [-0.4, -0.2) is 49.9 Å². The largest absolute Gasteiger partial charge is 0.377 e. The molecule has 0 spiro atoms. The fraction of sp³-hybridized carbons (Fsp3) is 0.333. The lowest BCUT2D eigenvalue weighted by Gasteiger charge is -2.19. The Morgan fingerprint density at radius 1 is 1.12 bits per heavy atom. The van der Waals surface area contributed by atoms with Gasteiger partial charge >= 0.3 is 0 Å². The summed E-state index contributed by atoms with van der Waals surface area (Å²) in [6.45, 7) is 1.25. The minimum Gasteiger partial charge on any atom is -0.377 e. The number of likely N-dealkylation sites (tertiary alicyclic amines) is 1. The van der Waals surface area contributed by atoms with Gasteiger partial charge in [-0.2, -0.15) is 0 Å². The topological polar surface area (TPSA) is 52.7 Å². The van der Waals surface area contributed by atoms with Gasteiger partial charge in [-0.3, -0.25) is 9.59 Å². The standard InChI is InChI=1S/C21H25N3O2/c1-23(2)19-11-7-6-10-18(19)21(26)22-17-14-20(25)24(15-17)13-12-16-8-4-3-5-9-16/h3-11,17H,12-15H2,1-2H3,(H,22,26)/t17-/m0/s1. The molecule has 2 amide bonds. The van der Waals surface area contributed by atoms with E-state index in [1.54, 1.807) is 0 Å². The number of hydrogen-bond acceptors (Lipinski definition) is 3. The quantitative estimate of drug-likeness (QED) is 0.869. The maximum absolute atomic E-state index is 12.7. The molecule has 2 aromatic rings. The van der Waals surface area contributed by atoms with Crippen molar-refractivity contribution in [2.45, 2.75) is 18.9 Å². The monoisotopic (exact) mass is 351 g/mol. The zero-order valence-electron chi connectivity index (χ0n) is 15.3. The molecule has 1 aliphatic heterocycles. The lowest BCUT2D eigenvalue weighted by atomic mass is 10.1. The van der Waals surface area contributed by atoms with Gasteiger partial charge in [-0.25, -0.2) is 0 Å². The van der Waals surface area contributed by atoms with Crippen LogP contribution in [0.1, 0.15) is 22.3 Å². The van der Waals surface area contributed by atoms with Crippen molar-refractivity contribution in [2.24, 2.45) is 0 Å². The highest BCUT2D eigenvalue weighted by Crippen LogP contribution is 2.19. The molecule has 0 aromatic heterocycles. The summed E-state index contributed by atoms with van der Waals surface area (Å²) in [6, 6.07) is 17.5. The molecule has 136 valence electrons. The Morgan fingerprint density at radius 3 is 2.54 bits per heavy atom. The zero-order valence-corrected chi connectivity index (χ0v) is 15.3. The van der Waals surface area contributed by atoms with Crippen molar-refractivity contribution in [1.82, 2.24) is 10.2 Å². The average molecular weight is 351 g/mol. The molecule has 1 fully saturated rings. The number of nitrogens with one attached hydrogen (secondary N) is 1. The summed E-state index contributed by atoms with van der Waals surface area (Å²) < 4.78 is 0. The third kappa shape index (κ3) is 4.23. The van der Waals surface area contributed by atoms with E-state index in [0.717, 1.165) is 12.1 Å². The summed E-state index contributed by atoms with van der Waals surface area (Å²) in [6.07, 6.45) is 1.20. The molecule has 5 nitrogen and oxygen atoms in total. The van der Waals surface area contributed by atoms with E-state index in [1.807, 2.05) is 66.4 Å². The molecule has 0 bridgehead atoms. The van der Waals surface area contributed by atoms with Gasteiger partial charge in [0.15, 0.2) is 0 Å². The number of anilines is 1. The van der Waals surface area contributed by atoms with Gasteiger partial charge in [0.25, 0.3) is 5.91 Å². The normalized spacial score (nSPS) is 16.6. The summed E-state index contributed by atoms with van der Waals surface area (Å²) in [5.41, 5.74) is 2.72. The van der Waals surface area contributed by atoms with Crippen LogP contribution in [0.4, 0.5) is 5.69 Å². The minimum absolute atomic E-state index is 0.104. The van der Waals surface area contributed by atoms with E-state index < -0.39 is 0 Å². The number of para-hydroxylation sites is 1. The molecule has 1 saturated heterocycles. The molecule has 1 heterocycles. The molecule has 2 aromatic carbocycles. The van der Waals surface area contributed by atoms with Gasteiger partial charge in [-0.15, -0.1) is 0 Å². The van der Waals surface area contributed by atoms with Crippen LogP contribution in [0.15, 0.2) is 54.6 Å². The van der Waals surface area contributed by atoms with Crippen LogP contribution < -0.4 is 10.2 Å². The number of amides is 2. The highest BCUT2D eigenvalue weighted by atomic mass is 16.2. The number of rotatable bonds is 6. The molecule has 1 aliphatic rings. The van der Waals surface area contributed by atoms with E-state index in [4.69, 9.17) is 0 Å². The Bertz CT molecular complexity index is 774. The van der Waals surface area contributed by atoms with Crippen LogP contribution in [0.2, 0.25) is 0 Å². The van der Waals surface area contributed by atoms with E-state index in [-0.39, 0.29) is 17.9 Å². The van der Waals surface area contributed by atoms with Crippen LogP contribution >= 0.6 is 0 Å². The second kappa shape index (κ2) is 8.04. The molecule has 0 radical (unpaired) electrons. The minimum atomic E-state index is -0.138. The van der Waals surface area contributed by atoms with Gasteiger partial charge in [0, 0.05) is 39.3 Å². The van der Waals surface area contributed by atoms with Crippen molar-refractivity contribution in [1.29, 1.82) is 0 Å². The van der Waals surface area contributed by atoms with Crippen molar-refractivity contribution in [3.63, 3.8) is 0 Å². The Balaban J connectivity index is 1.58. The fourth-order valence-corrected chi connectivity index (χ4v) is 3.31. The lowest BCUT2D eigenvalue weighted by Crippen LogP contribution is -2.38. The van der Waals surface area contributed by atoms with Crippen LogP contribution in [0, 0.1) is 0 Å². The molecule has 0 aliphatic carbocycles. The SMILES string of the molecule is CN(C)c1ccccc1C(=O)N[C@H]1CC(=O)N(CCc2ccccc2)C1. The van der Waals surface area contributed by atoms with Crippen LogP contribution in [0.5, 0.6) is 0 Å². The predicted octanol–water partition coefficient (Wildman–Crippen LogP) is 2.33. The van der Waals surface area contributed by atoms with Crippen LogP contribution in [0.3, 0.4) is 0 Å². The molecule has 3 rings (SSSR count). The number of carbonyl (C=O) groups is 2. The molecule has 1 atom stereocenters. The van der Waals surface area contributed by atoms with Gasteiger partial charge in [-0.05, 0) is 24.1 Å². The Labute approximate surface area is 154 Å². The van der Waals surface area contributed by atoms with Gasteiger partial charge in [0.1, 0.15) is 0 Å². The average Bonchev–Trinajstić information content (AvgIpc) is 3.00. The van der Waals surface area contributed by atoms with E-state index in [2.05, 4.69) is 17.4 Å². The second-order valence-corrected chi connectivity index (χ2v) is 6.86. The van der Waals surface area contributed by atoms with Gasteiger partial charge in [-0.1, -0.05) is 42.5 Å². The number of benzene rings is 2. The first-order chi connectivity index (χ1) is 12.5. The summed E-state index contributed by atoms with van der Waals surface area (Å²) in [4.78, 5) is 28.7. The highest BCUT2D eigenvalue weighted by molar-refractivity contribution is 6.00. The smallest absolute Gasteiger partial charge is 0.253 e.